The summed E-state index contributed by atoms with van der Waals surface area (Å²) in [6, 6.07) is 13.7. The van der Waals surface area contributed by atoms with Crippen LogP contribution < -0.4 is 9.47 Å². The molecule has 0 bridgehead atoms. The van der Waals surface area contributed by atoms with E-state index in [-0.39, 0.29) is 24.0 Å². The second-order valence-corrected chi connectivity index (χ2v) is 6.53. The van der Waals surface area contributed by atoms with Crippen LogP contribution in [0.3, 0.4) is 0 Å². The van der Waals surface area contributed by atoms with E-state index in [0.29, 0.717) is 11.3 Å². The third-order valence-electron chi connectivity index (χ3n) is 4.18. The molecule has 31 heavy (non-hydrogen) atoms. The maximum absolute atomic E-state index is 14.3. The van der Waals surface area contributed by atoms with Crippen LogP contribution in [0.4, 0.5) is 13.2 Å². The molecule has 0 saturated heterocycles. The van der Waals surface area contributed by atoms with Crippen molar-refractivity contribution in [1.29, 1.82) is 0 Å². The minimum atomic E-state index is -2.89. The number of rotatable bonds is 8. The summed E-state index contributed by atoms with van der Waals surface area (Å²) in [5.41, 5.74) is 1.24. The number of alkyl halides is 2. The lowest BCUT2D eigenvalue weighted by Gasteiger charge is -2.15. The molecule has 5 nitrogen and oxygen atoms in total. The van der Waals surface area contributed by atoms with Crippen LogP contribution in [0.15, 0.2) is 73.1 Å². The van der Waals surface area contributed by atoms with E-state index in [9.17, 15) is 18.0 Å². The molecule has 3 rings (SSSR count). The Hall–Kier alpha value is -3.81. The number of hydrogen-bond donors (Lipinski definition) is 0. The Bertz CT molecular complexity index is 1040. The number of ether oxygens (including phenoxy) is 2. The zero-order valence-corrected chi connectivity index (χ0v) is 16.5. The van der Waals surface area contributed by atoms with Crippen LogP contribution in [0.25, 0.3) is 6.08 Å². The van der Waals surface area contributed by atoms with Crippen LogP contribution in [0.2, 0.25) is 0 Å². The Balaban J connectivity index is 1.58. The summed E-state index contributed by atoms with van der Waals surface area (Å²) < 4.78 is 48.4. The van der Waals surface area contributed by atoms with Crippen molar-refractivity contribution in [2.75, 3.05) is 7.05 Å². The molecule has 0 aliphatic heterocycles. The van der Waals surface area contributed by atoms with Crippen LogP contribution >= 0.6 is 0 Å². The number of halogens is 3. The SMILES string of the molecule is CN(Cc1ccc(OC(F)F)cc1)C(=O)/C=C/c1ccc(Oc2cccnc2)c(F)c1. The standard InChI is InChI=1S/C23H19F3N2O3/c1-28(15-17-4-8-18(9-5-17)31-23(25)26)22(29)11-7-16-6-10-21(20(24)13-16)30-19-3-2-12-27-14-19/h2-14,23H,15H2,1H3/b11-7+. The largest absolute Gasteiger partial charge is 0.453 e. The molecule has 3 aromatic rings. The van der Waals surface area contributed by atoms with Crippen LogP contribution in [0, 0.1) is 5.82 Å². The van der Waals surface area contributed by atoms with Crippen molar-refractivity contribution >= 4 is 12.0 Å². The Morgan fingerprint density at radius 2 is 1.90 bits per heavy atom. The van der Waals surface area contributed by atoms with Gasteiger partial charge in [0.2, 0.25) is 5.91 Å². The lowest BCUT2D eigenvalue weighted by atomic mass is 10.2. The van der Waals surface area contributed by atoms with Gasteiger partial charge in [0, 0.05) is 25.9 Å². The second-order valence-electron chi connectivity index (χ2n) is 6.53. The first-order chi connectivity index (χ1) is 14.9. The molecular formula is C23H19F3N2O3. The highest BCUT2D eigenvalue weighted by Gasteiger charge is 2.09. The summed E-state index contributed by atoms with van der Waals surface area (Å²) in [6.07, 6.45) is 5.88. The Morgan fingerprint density at radius 3 is 2.55 bits per heavy atom. The molecule has 0 fully saturated rings. The van der Waals surface area contributed by atoms with Crippen LogP contribution in [0.5, 0.6) is 17.2 Å². The number of amides is 1. The first kappa shape index (κ1) is 21.9. The molecule has 0 spiro atoms. The number of hydrogen-bond acceptors (Lipinski definition) is 4. The molecule has 1 heterocycles. The molecule has 0 saturated carbocycles. The van der Waals surface area contributed by atoms with Gasteiger partial charge >= 0.3 is 6.61 Å². The molecular weight excluding hydrogens is 409 g/mol. The van der Waals surface area contributed by atoms with E-state index in [1.165, 1.54) is 47.5 Å². The van der Waals surface area contributed by atoms with E-state index in [1.807, 2.05) is 0 Å². The fraction of sp³-hybridized carbons (Fsp3) is 0.130. The zero-order chi connectivity index (χ0) is 22.2. The van der Waals surface area contributed by atoms with Crippen molar-refractivity contribution < 1.29 is 27.4 Å². The molecule has 160 valence electrons. The Morgan fingerprint density at radius 1 is 1.13 bits per heavy atom. The maximum Gasteiger partial charge on any atom is 0.387 e. The smallest absolute Gasteiger partial charge is 0.387 e. The second kappa shape index (κ2) is 10.3. The van der Waals surface area contributed by atoms with Crippen molar-refractivity contribution in [3.05, 3.63) is 90.0 Å². The van der Waals surface area contributed by atoms with Crippen molar-refractivity contribution in [2.24, 2.45) is 0 Å². The average molecular weight is 428 g/mol. The summed E-state index contributed by atoms with van der Waals surface area (Å²) in [7, 11) is 1.60. The molecule has 0 unspecified atom stereocenters. The van der Waals surface area contributed by atoms with Gasteiger partial charge in [-0.1, -0.05) is 18.2 Å². The summed E-state index contributed by atoms with van der Waals surface area (Å²) in [5.74, 6) is -0.365. The molecule has 0 aliphatic carbocycles. The van der Waals surface area contributed by atoms with Gasteiger partial charge in [0.1, 0.15) is 11.5 Å². The molecule has 0 atom stereocenters. The van der Waals surface area contributed by atoms with Crippen molar-refractivity contribution in [1.82, 2.24) is 9.88 Å². The van der Waals surface area contributed by atoms with E-state index >= 15 is 0 Å². The molecule has 2 aromatic carbocycles. The summed E-state index contributed by atoms with van der Waals surface area (Å²) in [6.45, 7) is -2.62. The fourth-order valence-electron chi connectivity index (χ4n) is 2.66. The van der Waals surface area contributed by atoms with Gasteiger partial charge in [-0.3, -0.25) is 9.78 Å². The molecule has 1 amide bonds. The predicted molar refractivity (Wildman–Crippen MR) is 109 cm³/mol. The van der Waals surface area contributed by atoms with E-state index in [4.69, 9.17) is 4.74 Å². The average Bonchev–Trinajstić information content (AvgIpc) is 2.75. The molecule has 0 radical (unpaired) electrons. The minimum absolute atomic E-state index is 0.0469. The number of aromatic nitrogens is 1. The van der Waals surface area contributed by atoms with Gasteiger partial charge in [0.25, 0.3) is 0 Å². The third kappa shape index (κ3) is 6.60. The van der Waals surface area contributed by atoms with Gasteiger partial charge in [-0.2, -0.15) is 8.78 Å². The quantitative estimate of drug-likeness (QED) is 0.458. The van der Waals surface area contributed by atoms with Gasteiger partial charge < -0.3 is 14.4 Å². The van der Waals surface area contributed by atoms with E-state index < -0.39 is 12.4 Å². The first-order valence-corrected chi connectivity index (χ1v) is 9.25. The fourth-order valence-corrected chi connectivity index (χ4v) is 2.66. The number of carbonyl (C=O) groups excluding carboxylic acids is 1. The number of nitrogens with zero attached hydrogens (tertiary/aromatic N) is 2. The topological polar surface area (TPSA) is 51.7 Å². The first-order valence-electron chi connectivity index (χ1n) is 9.25. The van der Waals surface area contributed by atoms with Crippen molar-refractivity contribution in [3.63, 3.8) is 0 Å². The number of benzene rings is 2. The normalized spacial score (nSPS) is 11.0. The lowest BCUT2D eigenvalue weighted by Crippen LogP contribution is -2.24. The predicted octanol–water partition coefficient (Wildman–Crippen LogP) is 5.29. The van der Waals surface area contributed by atoms with Crippen LogP contribution in [-0.2, 0) is 11.3 Å². The monoisotopic (exact) mass is 428 g/mol. The van der Waals surface area contributed by atoms with Crippen LogP contribution in [-0.4, -0.2) is 29.5 Å². The van der Waals surface area contributed by atoms with E-state index in [2.05, 4.69) is 9.72 Å². The summed E-state index contributed by atoms with van der Waals surface area (Å²) in [5, 5.41) is 0. The van der Waals surface area contributed by atoms with Crippen molar-refractivity contribution in [2.45, 2.75) is 13.2 Å². The van der Waals surface area contributed by atoms with E-state index in [1.54, 1.807) is 43.6 Å². The highest BCUT2D eigenvalue weighted by molar-refractivity contribution is 5.91. The van der Waals surface area contributed by atoms with Crippen LogP contribution in [0.1, 0.15) is 11.1 Å². The Labute approximate surface area is 177 Å². The molecule has 1 aromatic heterocycles. The molecule has 0 aliphatic rings. The minimum Gasteiger partial charge on any atom is -0.453 e. The summed E-state index contributed by atoms with van der Waals surface area (Å²) >= 11 is 0. The van der Waals surface area contributed by atoms with Gasteiger partial charge in [0.15, 0.2) is 11.6 Å². The number of likely N-dealkylation sites (N-methyl/N-ethyl adjacent to an activating group) is 1. The maximum atomic E-state index is 14.3. The highest BCUT2D eigenvalue weighted by Crippen LogP contribution is 2.25. The van der Waals surface area contributed by atoms with Gasteiger partial charge in [-0.25, -0.2) is 4.39 Å². The van der Waals surface area contributed by atoms with E-state index in [0.717, 1.165) is 5.56 Å². The molecule has 8 heteroatoms. The number of carbonyl (C=O) groups is 1. The van der Waals surface area contributed by atoms with Gasteiger partial charge in [-0.15, -0.1) is 0 Å². The Kier molecular flexibility index (Phi) is 7.26. The zero-order valence-electron chi connectivity index (χ0n) is 16.5. The summed E-state index contributed by atoms with van der Waals surface area (Å²) in [4.78, 5) is 17.7. The van der Waals surface area contributed by atoms with Crippen molar-refractivity contribution in [3.8, 4) is 17.2 Å². The number of pyridine rings is 1. The lowest BCUT2D eigenvalue weighted by molar-refractivity contribution is -0.125. The van der Waals surface area contributed by atoms with Gasteiger partial charge in [-0.05, 0) is 53.6 Å². The van der Waals surface area contributed by atoms with Gasteiger partial charge in [0.05, 0.1) is 6.20 Å². The highest BCUT2D eigenvalue weighted by atomic mass is 19.3. The third-order valence-corrected chi connectivity index (χ3v) is 4.18. The molecule has 0 N–H and O–H groups in total.